The molecule has 0 bridgehead atoms. The van der Waals surface area contributed by atoms with E-state index in [1.807, 2.05) is 20.8 Å². The van der Waals surface area contributed by atoms with Crippen molar-refractivity contribution in [2.24, 2.45) is 0 Å². The molecule has 0 aliphatic rings. The molecule has 21 heavy (non-hydrogen) atoms. The quantitative estimate of drug-likeness (QED) is 0.793. The summed E-state index contributed by atoms with van der Waals surface area (Å²) in [5, 5.41) is 0.651. The molecule has 0 unspecified atom stereocenters. The molecule has 1 heterocycles. The molecular weight excluding hydrogens is 308 g/mol. The Hall–Kier alpha value is -1.17. The first-order chi connectivity index (χ1) is 9.89. The second kappa shape index (κ2) is 6.30. The Labute approximate surface area is 130 Å². The zero-order valence-electron chi connectivity index (χ0n) is 12.4. The number of pyridine rings is 1. The van der Waals surface area contributed by atoms with Crippen LogP contribution < -0.4 is 0 Å². The lowest BCUT2D eigenvalue weighted by Crippen LogP contribution is -2.38. The first kappa shape index (κ1) is 16.2. The Morgan fingerprint density at radius 1 is 1.29 bits per heavy atom. The molecule has 0 saturated heterocycles. The summed E-state index contributed by atoms with van der Waals surface area (Å²) in [5.41, 5.74) is 1.67. The van der Waals surface area contributed by atoms with Crippen molar-refractivity contribution in [3.63, 3.8) is 0 Å². The minimum Gasteiger partial charge on any atom is -0.256 e. The maximum Gasteiger partial charge on any atom is 0.244 e. The monoisotopic (exact) mass is 326 g/mol. The highest BCUT2D eigenvalue weighted by Gasteiger charge is 2.28. The Morgan fingerprint density at radius 3 is 2.62 bits per heavy atom. The van der Waals surface area contributed by atoms with E-state index in [0.29, 0.717) is 10.9 Å². The highest BCUT2D eigenvalue weighted by atomic mass is 35.5. The standard InChI is InChI=1S/C15H19ClN2O2S/c1-11(2)18(10-8-16)21(19,20)14-7-6-12(3)15-13(14)5-4-9-17-15/h4-7,9,11H,8,10H2,1-3H3. The van der Waals surface area contributed by atoms with Gasteiger partial charge in [0.05, 0.1) is 10.4 Å². The van der Waals surface area contributed by atoms with Gasteiger partial charge < -0.3 is 0 Å². The number of hydrogen-bond acceptors (Lipinski definition) is 3. The number of sulfonamides is 1. The van der Waals surface area contributed by atoms with E-state index in [1.165, 1.54) is 4.31 Å². The van der Waals surface area contributed by atoms with Crippen LogP contribution in [0.3, 0.4) is 0 Å². The Bertz CT molecular complexity index is 744. The van der Waals surface area contributed by atoms with Gasteiger partial charge in [0.15, 0.2) is 0 Å². The van der Waals surface area contributed by atoms with E-state index in [0.717, 1.165) is 5.56 Å². The molecule has 114 valence electrons. The van der Waals surface area contributed by atoms with E-state index >= 15 is 0 Å². The van der Waals surface area contributed by atoms with Gasteiger partial charge in [0, 0.05) is 30.0 Å². The molecule has 0 spiro atoms. The molecule has 0 N–H and O–H groups in total. The summed E-state index contributed by atoms with van der Waals surface area (Å²) in [5.74, 6) is 0.263. The molecule has 0 aliphatic heterocycles. The molecule has 0 atom stereocenters. The number of benzene rings is 1. The van der Waals surface area contributed by atoms with Crippen LogP contribution in [-0.4, -0.2) is 36.2 Å². The van der Waals surface area contributed by atoms with Crippen molar-refractivity contribution in [2.45, 2.75) is 31.7 Å². The lowest BCUT2D eigenvalue weighted by molar-refractivity contribution is 0.371. The summed E-state index contributed by atoms with van der Waals surface area (Å²) < 4.78 is 27.3. The first-order valence-corrected chi connectivity index (χ1v) is 8.79. The topological polar surface area (TPSA) is 50.3 Å². The average molecular weight is 327 g/mol. The highest BCUT2D eigenvalue weighted by molar-refractivity contribution is 7.89. The molecule has 4 nitrogen and oxygen atoms in total. The fourth-order valence-electron chi connectivity index (χ4n) is 2.38. The van der Waals surface area contributed by atoms with Crippen LogP contribution in [0.2, 0.25) is 0 Å². The van der Waals surface area contributed by atoms with Gasteiger partial charge in [-0.05, 0) is 44.5 Å². The molecule has 0 saturated carbocycles. The second-order valence-corrected chi connectivity index (χ2v) is 7.42. The van der Waals surface area contributed by atoms with Crippen LogP contribution in [0, 0.1) is 6.92 Å². The van der Waals surface area contributed by atoms with E-state index in [-0.39, 0.29) is 23.4 Å². The maximum absolute atomic E-state index is 12.9. The molecule has 2 rings (SSSR count). The molecule has 0 aliphatic carbocycles. The van der Waals surface area contributed by atoms with Crippen LogP contribution >= 0.6 is 11.6 Å². The van der Waals surface area contributed by atoms with E-state index < -0.39 is 10.0 Å². The Kier molecular flexibility index (Phi) is 4.86. The minimum atomic E-state index is -3.60. The van der Waals surface area contributed by atoms with Crippen molar-refractivity contribution >= 4 is 32.5 Å². The average Bonchev–Trinajstić information content (AvgIpc) is 2.44. The molecule has 0 fully saturated rings. The highest BCUT2D eigenvalue weighted by Crippen LogP contribution is 2.27. The molecule has 0 amide bonds. The van der Waals surface area contributed by atoms with E-state index in [9.17, 15) is 8.42 Å². The lowest BCUT2D eigenvalue weighted by Gasteiger charge is -2.25. The number of aromatic nitrogens is 1. The summed E-state index contributed by atoms with van der Waals surface area (Å²) >= 11 is 5.76. The summed E-state index contributed by atoms with van der Waals surface area (Å²) in [6.45, 7) is 5.90. The number of nitrogens with zero attached hydrogens (tertiary/aromatic N) is 2. The predicted molar refractivity (Wildman–Crippen MR) is 86.2 cm³/mol. The van der Waals surface area contributed by atoms with Crippen molar-refractivity contribution in [3.8, 4) is 0 Å². The van der Waals surface area contributed by atoms with Crippen LogP contribution in [0.1, 0.15) is 19.4 Å². The fraction of sp³-hybridized carbons (Fsp3) is 0.400. The van der Waals surface area contributed by atoms with E-state index in [4.69, 9.17) is 11.6 Å². The van der Waals surface area contributed by atoms with Gasteiger partial charge in [-0.3, -0.25) is 4.98 Å². The van der Waals surface area contributed by atoms with Gasteiger partial charge in [0.2, 0.25) is 10.0 Å². The molecule has 1 aromatic heterocycles. The molecule has 6 heteroatoms. The van der Waals surface area contributed by atoms with E-state index in [2.05, 4.69) is 4.98 Å². The van der Waals surface area contributed by atoms with Gasteiger partial charge in [-0.15, -0.1) is 11.6 Å². The summed E-state index contributed by atoms with van der Waals surface area (Å²) in [7, 11) is -3.60. The third-order valence-corrected chi connectivity index (χ3v) is 5.70. The largest absolute Gasteiger partial charge is 0.256 e. The lowest BCUT2D eigenvalue weighted by atomic mass is 10.1. The van der Waals surface area contributed by atoms with Gasteiger partial charge in [0.1, 0.15) is 0 Å². The van der Waals surface area contributed by atoms with Crippen LogP contribution in [0.15, 0.2) is 35.4 Å². The van der Waals surface area contributed by atoms with Gasteiger partial charge in [-0.2, -0.15) is 4.31 Å². The predicted octanol–water partition coefficient (Wildman–Crippen LogP) is 3.18. The van der Waals surface area contributed by atoms with Crippen molar-refractivity contribution in [1.29, 1.82) is 0 Å². The zero-order chi connectivity index (χ0) is 15.6. The number of fused-ring (bicyclic) bond motifs is 1. The van der Waals surface area contributed by atoms with Crippen molar-refractivity contribution < 1.29 is 8.42 Å². The van der Waals surface area contributed by atoms with E-state index in [1.54, 1.807) is 30.5 Å². The normalized spacial score (nSPS) is 12.5. The SMILES string of the molecule is Cc1ccc(S(=O)(=O)N(CCCl)C(C)C)c2cccnc12. The van der Waals surface area contributed by atoms with Crippen molar-refractivity contribution in [1.82, 2.24) is 9.29 Å². The van der Waals surface area contributed by atoms with Crippen molar-refractivity contribution in [3.05, 3.63) is 36.0 Å². The smallest absolute Gasteiger partial charge is 0.244 e. The fourth-order valence-corrected chi connectivity index (χ4v) is 4.48. The second-order valence-electron chi connectivity index (χ2n) is 5.18. The molecule has 1 aromatic carbocycles. The summed E-state index contributed by atoms with van der Waals surface area (Å²) in [4.78, 5) is 4.58. The molecule has 2 aromatic rings. The number of alkyl halides is 1. The van der Waals surface area contributed by atoms with Gasteiger partial charge in [-0.25, -0.2) is 8.42 Å². The van der Waals surface area contributed by atoms with Crippen LogP contribution in [0.25, 0.3) is 10.9 Å². The minimum absolute atomic E-state index is 0.151. The Morgan fingerprint density at radius 2 is 2.00 bits per heavy atom. The molecule has 0 radical (unpaired) electrons. The molecular formula is C15H19ClN2O2S. The van der Waals surface area contributed by atoms with Gasteiger partial charge in [-0.1, -0.05) is 6.07 Å². The summed E-state index contributed by atoms with van der Waals surface area (Å²) in [6.07, 6.45) is 1.67. The summed E-state index contributed by atoms with van der Waals surface area (Å²) in [6, 6.07) is 6.84. The third-order valence-electron chi connectivity index (χ3n) is 3.40. The zero-order valence-corrected chi connectivity index (χ0v) is 13.9. The number of halogens is 1. The van der Waals surface area contributed by atoms with Crippen LogP contribution in [0.4, 0.5) is 0 Å². The van der Waals surface area contributed by atoms with Gasteiger partial charge in [0.25, 0.3) is 0 Å². The number of rotatable bonds is 5. The Balaban J connectivity index is 2.68. The third kappa shape index (κ3) is 3.05. The first-order valence-electron chi connectivity index (χ1n) is 6.81. The maximum atomic E-state index is 12.9. The number of aryl methyl sites for hydroxylation is 1. The van der Waals surface area contributed by atoms with Crippen LogP contribution in [0.5, 0.6) is 0 Å². The van der Waals surface area contributed by atoms with Crippen LogP contribution in [-0.2, 0) is 10.0 Å². The van der Waals surface area contributed by atoms with Gasteiger partial charge >= 0.3 is 0 Å². The number of hydrogen-bond donors (Lipinski definition) is 0. The van der Waals surface area contributed by atoms with Crippen molar-refractivity contribution in [2.75, 3.05) is 12.4 Å².